The molecule has 110 valence electrons. The first kappa shape index (κ1) is 15.6. The molecule has 0 aromatic heterocycles. The number of ether oxygens (including phenoxy) is 1. The lowest BCUT2D eigenvalue weighted by Crippen LogP contribution is -2.04. The maximum Gasteiger partial charge on any atom is 0.163 e. The van der Waals surface area contributed by atoms with E-state index in [0.29, 0.717) is 35.2 Å². The van der Waals surface area contributed by atoms with E-state index in [2.05, 4.69) is 15.9 Å². The number of Topliss-reactive ketones (excluding diaryl/α,β-unsaturated/α-hetero) is 1. The van der Waals surface area contributed by atoms with Gasteiger partial charge in [-0.1, -0.05) is 0 Å². The van der Waals surface area contributed by atoms with Gasteiger partial charge in [-0.3, -0.25) is 4.79 Å². The van der Waals surface area contributed by atoms with Gasteiger partial charge in [-0.25, -0.2) is 8.78 Å². The van der Waals surface area contributed by atoms with E-state index in [9.17, 15) is 13.6 Å². The highest BCUT2D eigenvalue weighted by atomic mass is 79.9. The summed E-state index contributed by atoms with van der Waals surface area (Å²) in [5.74, 6) is -0.237. The van der Waals surface area contributed by atoms with Crippen molar-refractivity contribution in [2.24, 2.45) is 0 Å². The molecule has 0 saturated carbocycles. The predicted octanol–water partition coefficient (Wildman–Crippen LogP) is 4.77. The first-order chi connectivity index (χ1) is 10.1. The summed E-state index contributed by atoms with van der Waals surface area (Å²) >= 11 is 3.20. The van der Waals surface area contributed by atoms with Crippen LogP contribution in [-0.2, 0) is 0 Å². The van der Waals surface area contributed by atoms with Crippen LogP contribution in [0.25, 0.3) is 0 Å². The zero-order chi connectivity index (χ0) is 15.2. The van der Waals surface area contributed by atoms with Gasteiger partial charge in [-0.05, 0) is 64.8 Å². The minimum absolute atomic E-state index is 0.0585. The fraction of sp³-hybridized carbons (Fsp3) is 0.188. The van der Waals surface area contributed by atoms with Crippen molar-refractivity contribution in [3.05, 3.63) is 64.1 Å². The summed E-state index contributed by atoms with van der Waals surface area (Å²) in [6.07, 6.45) is 0.838. The summed E-state index contributed by atoms with van der Waals surface area (Å²) in [5, 5.41) is 0. The highest BCUT2D eigenvalue weighted by Crippen LogP contribution is 2.25. The smallest absolute Gasteiger partial charge is 0.163 e. The maximum atomic E-state index is 12.9. The van der Waals surface area contributed by atoms with Crippen LogP contribution in [0.3, 0.4) is 0 Å². The zero-order valence-electron chi connectivity index (χ0n) is 11.1. The van der Waals surface area contributed by atoms with Crippen molar-refractivity contribution >= 4 is 21.7 Å². The number of carbonyl (C=O) groups is 1. The molecule has 0 saturated heterocycles. The maximum absolute atomic E-state index is 12.9. The topological polar surface area (TPSA) is 26.3 Å². The van der Waals surface area contributed by atoms with Gasteiger partial charge in [0, 0.05) is 12.0 Å². The molecule has 0 N–H and O–H groups in total. The fourth-order valence-electron chi connectivity index (χ4n) is 1.79. The molecule has 0 radical (unpaired) electrons. The van der Waals surface area contributed by atoms with Crippen LogP contribution >= 0.6 is 15.9 Å². The molecule has 0 spiro atoms. The second-order valence-electron chi connectivity index (χ2n) is 4.46. The van der Waals surface area contributed by atoms with Crippen LogP contribution in [0.2, 0.25) is 0 Å². The Morgan fingerprint density at radius 3 is 2.38 bits per heavy atom. The van der Waals surface area contributed by atoms with Crippen molar-refractivity contribution in [3.8, 4) is 5.75 Å². The van der Waals surface area contributed by atoms with E-state index >= 15 is 0 Å². The van der Waals surface area contributed by atoms with Gasteiger partial charge in [0.1, 0.15) is 17.4 Å². The number of hydrogen-bond donors (Lipinski definition) is 0. The Hall–Kier alpha value is -1.75. The molecule has 0 aliphatic rings. The Bertz CT molecular complexity index is 627. The molecule has 0 aliphatic carbocycles. The molecule has 0 unspecified atom stereocenters. The standard InChI is InChI=1S/C16H13BrF2O2/c17-14-10-13(19)7-8-16(14)21-9-1-2-15(20)11-3-5-12(18)6-4-11/h3-8,10H,1-2,9H2. The number of carbonyl (C=O) groups excluding carboxylic acids is 1. The average Bonchev–Trinajstić information content (AvgIpc) is 2.46. The largest absolute Gasteiger partial charge is 0.492 e. The van der Waals surface area contributed by atoms with E-state index < -0.39 is 0 Å². The molecule has 0 atom stereocenters. The third kappa shape index (κ3) is 4.63. The summed E-state index contributed by atoms with van der Waals surface area (Å²) in [6, 6.07) is 9.62. The third-order valence-corrected chi connectivity index (χ3v) is 3.49. The Kier molecular flexibility index (Phi) is 5.44. The van der Waals surface area contributed by atoms with Gasteiger partial charge in [0.05, 0.1) is 11.1 Å². The summed E-state index contributed by atoms with van der Waals surface area (Å²) in [5.41, 5.74) is 0.486. The van der Waals surface area contributed by atoms with E-state index in [1.807, 2.05) is 0 Å². The fourth-order valence-corrected chi connectivity index (χ4v) is 2.25. The molecular weight excluding hydrogens is 342 g/mol. The highest BCUT2D eigenvalue weighted by molar-refractivity contribution is 9.10. The second kappa shape index (κ2) is 7.31. The number of hydrogen-bond acceptors (Lipinski definition) is 2. The number of rotatable bonds is 6. The van der Waals surface area contributed by atoms with E-state index in [-0.39, 0.29) is 17.4 Å². The Balaban J connectivity index is 1.79. The lowest BCUT2D eigenvalue weighted by molar-refractivity contribution is 0.0973. The molecule has 2 aromatic carbocycles. The monoisotopic (exact) mass is 354 g/mol. The molecule has 2 nitrogen and oxygen atoms in total. The molecule has 21 heavy (non-hydrogen) atoms. The van der Waals surface area contributed by atoms with Crippen LogP contribution in [-0.4, -0.2) is 12.4 Å². The molecule has 0 aliphatic heterocycles. The van der Waals surface area contributed by atoms with Gasteiger partial charge in [0.25, 0.3) is 0 Å². The summed E-state index contributed by atoms with van der Waals surface area (Å²) in [7, 11) is 0. The van der Waals surface area contributed by atoms with Crippen molar-refractivity contribution in [2.45, 2.75) is 12.8 Å². The first-order valence-corrected chi connectivity index (χ1v) is 7.22. The van der Waals surface area contributed by atoms with Crippen molar-refractivity contribution < 1.29 is 18.3 Å². The number of benzene rings is 2. The lowest BCUT2D eigenvalue weighted by atomic mass is 10.1. The SMILES string of the molecule is O=C(CCCOc1ccc(F)cc1Br)c1ccc(F)cc1. The average molecular weight is 355 g/mol. The molecule has 0 fully saturated rings. The van der Waals surface area contributed by atoms with Crippen LogP contribution in [0.5, 0.6) is 5.75 Å². The summed E-state index contributed by atoms with van der Waals surface area (Å²) < 4.78 is 31.7. The quantitative estimate of drug-likeness (QED) is 0.551. The van der Waals surface area contributed by atoms with Crippen molar-refractivity contribution in [1.29, 1.82) is 0 Å². The van der Waals surface area contributed by atoms with E-state index in [0.717, 1.165) is 0 Å². The molecule has 0 amide bonds. The van der Waals surface area contributed by atoms with Crippen molar-refractivity contribution in [3.63, 3.8) is 0 Å². The zero-order valence-corrected chi connectivity index (χ0v) is 12.7. The van der Waals surface area contributed by atoms with Crippen LogP contribution in [0.15, 0.2) is 46.9 Å². The van der Waals surface area contributed by atoms with E-state index in [4.69, 9.17) is 4.74 Å². The van der Waals surface area contributed by atoms with Crippen molar-refractivity contribution in [1.82, 2.24) is 0 Å². The molecule has 0 heterocycles. The minimum Gasteiger partial charge on any atom is -0.492 e. The molecule has 2 aromatic rings. The molecular formula is C16H13BrF2O2. The van der Waals surface area contributed by atoms with Crippen LogP contribution in [0.1, 0.15) is 23.2 Å². The van der Waals surface area contributed by atoms with Crippen LogP contribution in [0.4, 0.5) is 8.78 Å². The van der Waals surface area contributed by atoms with E-state index in [1.165, 1.54) is 42.5 Å². The van der Waals surface area contributed by atoms with Gasteiger partial charge in [0.2, 0.25) is 0 Å². The Labute approximate surface area is 129 Å². The molecule has 0 bridgehead atoms. The van der Waals surface area contributed by atoms with Crippen LogP contribution in [0, 0.1) is 11.6 Å². The van der Waals surface area contributed by atoms with Gasteiger partial charge in [0.15, 0.2) is 5.78 Å². The minimum atomic E-state index is -0.365. The van der Waals surface area contributed by atoms with E-state index in [1.54, 1.807) is 0 Å². The summed E-state index contributed by atoms with van der Waals surface area (Å²) in [6.45, 7) is 0.344. The Morgan fingerprint density at radius 1 is 1.05 bits per heavy atom. The second-order valence-corrected chi connectivity index (χ2v) is 5.31. The van der Waals surface area contributed by atoms with Gasteiger partial charge in [-0.2, -0.15) is 0 Å². The van der Waals surface area contributed by atoms with Gasteiger partial charge >= 0.3 is 0 Å². The van der Waals surface area contributed by atoms with Crippen molar-refractivity contribution in [2.75, 3.05) is 6.61 Å². The highest BCUT2D eigenvalue weighted by Gasteiger charge is 2.07. The normalized spacial score (nSPS) is 10.4. The lowest BCUT2D eigenvalue weighted by Gasteiger charge is -2.08. The number of ketones is 1. The summed E-state index contributed by atoms with van der Waals surface area (Å²) in [4.78, 5) is 11.8. The molecule has 5 heteroatoms. The third-order valence-electron chi connectivity index (χ3n) is 2.87. The number of halogens is 3. The van der Waals surface area contributed by atoms with Gasteiger partial charge < -0.3 is 4.74 Å². The van der Waals surface area contributed by atoms with Crippen LogP contribution < -0.4 is 4.74 Å². The predicted molar refractivity (Wildman–Crippen MR) is 79.6 cm³/mol. The first-order valence-electron chi connectivity index (χ1n) is 6.43. The Morgan fingerprint density at radius 2 is 1.71 bits per heavy atom. The van der Waals surface area contributed by atoms with Gasteiger partial charge in [-0.15, -0.1) is 0 Å². The molecule has 2 rings (SSSR count).